The van der Waals surface area contributed by atoms with Crippen LogP contribution in [0.5, 0.6) is 0 Å². The lowest BCUT2D eigenvalue weighted by molar-refractivity contribution is -0.157. The lowest BCUT2D eigenvalue weighted by Gasteiger charge is -2.50. The molecule has 1 saturated carbocycles. The van der Waals surface area contributed by atoms with Gasteiger partial charge in [0.05, 0.1) is 31.6 Å². The van der Waals surface area contributed by atoms with Crippen molar-refractivity contribution in [1.29, 1.82) is 0 Å². The second-order valence-electron chi connectivity index (χ2n) is 11.2. The Morgan fingerprint density at radius 3 is 2.21 bits per heavy atom. The van der Waals surface area contributed by atoms with Crippen molar-refractivity contribution in [3.63, 3.8) is 0 Å². The average Bonchev–Trinajstić information content (AvgIpc) is 2.91. The largest absolute Gasteiger partial charge is 0.481 e. The smallest absolute Gasteiger partial charge is 0.416 e. The average molecular weight is 591 g/mol. The predicted molar refractivity (Wildman–Crippen MR) is 142 cm³/mol. The van der Waals surface area contributed by atoms with Crippen molar-refractivity contribution >= 4 is 46.7 Å². The van der Waals surface area contributed by atoms with Crippen molar-refractivity contribution in [3.8, 4) is 0 Å². The Labute approximate surface area is 235 Å². The molecule has 1 aliphatic carbocycles. The molecule has 0 bridgehead atoms. The molecule has 1 aliphatic heterocycles. The van der Waals surface area contributed by atoms with Gasteiger partial charge in [-0.2, -0.15) is 13.2 Å². The van der Waals surface area contributed by atoms with Gasteiger partial charge < -0.3 is 10.0 Å². The zero-order valence-electron chi connectivity index (χ0n) is 21.5. The van der Waals surface area contributed by atoms with Gasteiger partial charge in [0.2, 0.25) is 0 Å². The van der Waals surface area contributed by atoms with Gasteiger partial charge in [0.15, 0.2) is 0 Å². The van der Waals surface area contributed by atoms with Crippen molar-refractivity contribution < 1.29 is 27.9 Å². The minimum atomic E-state index is -4.49. The number of hydrogen-bond acceptors (Lipinski definition) is 2. The molecule has 1 N–H and O–H groups in total. The Morgan fingerprint density at radius 1 is 1.08 bits per heavy atom. The maximum absolute atomic E-state index is 14.2. The van der Waals surface area contributed by atoms with E-state index in [4.69, 9.17) is 34.8 Å². The van der Waals surface area contributed by atoms with E-state index in [-0.39, 0.29) is 39.6 Å². The molecule has 1 fully saturated rings. The summed E-state index contributed by atoms with van der Waals surface area (Å²) < 4.78 is 39.3. The normalized spacial score (nSPS) is 25.7. The van der Waals surface area contributed by atoms with Crippen LogP contribution in [0, 0.1) is 11.3 Å². The number of carboxylic acid groups (broad SMARTS) is 1. The zero-order valence-corrected chi connectivity index (χ0v) is 23.7. The molecule has 38 heavy (non-hydrogen) atoms. The summed E-state index contributed by atoms with van der Waals surface area (Å²) in [6, 6.07) is 4.60. The minimum absolute atomic E-state index is 0.0216. The Bertz CT molecular complexity index is 1300. The highest BCUT2D eigenvalue weighted by molar-refractivity contribution is 6.46. The molecule has 0 spiro atoms. The van der Waals surface area contributed by atoms with Crippen molar-refractivity contribution in [1.82, 2.24) is 4.90 Å². The molecule has 2 aromatic carbocycles. The fraction of sp³-hybridized carbons (Fsp3) is 0.500. The van der Waals surface area contributed by atoms with E-state index in [0.717, 1.165) is 12.1 Å². The van der Waals surface area contributed by atoms with E-state index in [1.807, 2.05) is 20.8 Å². The van der Waals surface area contributed by atoms with Gasteiger partial charge in [-0.1, -0.05) is 74.1 Å². The second kappa shape index (κ2) is 9.90. The monoisotopic (exact) mass is 589 g/mol. The molecule has 4 nitrogen and oxygen atoms in total. The van der Waals surface area contributed by atoms with E-state index in [0.29, 0.717) is 36.0 Å². The molecule has 2 aliphatic rings. The highest BCUT2D eigenvalue weighted by Gasteiger charge is 2.58. The van der Waals surface area contributed by atoms with Crippen LogP contribution in [0.4, 0.5) is 13.2 Å². The maximum Gasteiger partial charge on any atom is 0.416 e. The van der Waals surface area contributed by atoms with E-state index in [9.17, 15) is 27.9 Å². The maximum atomic E-state index is 14.2. The van der Waals surface area contributed by atoms with Crippen LogP contribution in [-0.2, 0) is 22.9 Å². The number of aliphatic carboxylic acids is 1. The third-order valence-corrected chi connectivity index (χ3v) is 9.74. The zero-order chi connectivity index (χ0) is 28.4. The fourth-order valence-corrected chi connectivity index (χ4v) is 7.73. The van der Waals surface area contributed by atoms with E-state index < -0.39 is 40.4 Å². The molecule has 4 rings (SSSR count). The minimum Gasteiger partial charge on any atom is -0.481 e. The van der Waals surface area contributed by atoms with Crippen molar-refractivity contribution in [2.45, 2.75) is 71.0 Å². The number of amides is 1. The van der Waals surface area contributed by atoms with Crippen LogP contribution in [0.3, 0.4) is 0 Å². The van der Waals surface area contributed by atoms with Crippen molar-refractivity contribution in [2.75, 3.05) is 6.54 Å². The highest BCUT2D eigenvalue weighted by atomic mass is 35.5. The highest BCUT2D eigenvalue weighted by Crippen LogP contribution is 2.59. The molecule has 0 unspecified atom stereocenters. The van der Waals surface area contributed by atoms with Gasteiger partial charge in [-0.15, -0.1) is 0 Å². The topological polar surface area (TPSA) is 57.6 Å². The van der Waals surface area contributed by atoms with Crippen LogP contribution in [0.15, 0.2) is 24.3 Å². The molecule has 1 amide bonds. The molecule has 206 valence electrons. The number of carboxylic acids is 1. The van der Waals surface area contributed by atoms with Crippen LogP contribution in [-0.4, -0.2) is 28.4 Å². The first kappa shape index (κ1) is 29.0. The summed E-state index contributed by atoms with van der Waals surface area (Å²) in [7, 11) is 0. The van der Waals surface area contributed by atoms with Crippen LogP contribution in [0.2, 0.25) is 15.1 Å². The molecule has 0 radical (unpaired) electrons. The lowest BCUT2D eigenvalue weighted by Crippen LogP contribution is -2.53. The quantitative estimate of drug-likeness (QED) is 0.363. The number of carbonyl (C=O) groups excluding carboxylic acids is 1. The molecule has 10 heteroatoms. The number of hydrogen-bond donors (Lipinski definition) is 1. The Hall–Kier alpha value is -1.96. The van der Waals surface area contributed by atoms with Crippen LogP contribution in [0.1, 0.15) is 85.5 Å². The van der Waals surface area contributed by atoms with E-state index in [2.05, 4.69) is 0 Å². The SMILES string of the molecule is CC(C)c1c(Cl)c(Cl)c2c(c1Cl)C(=O)N(Cc1ccc(C(F)(F)F)cc1)C[C@H]1[C@](C)(C(=O)O)CCC[C@]21C. The van der Waals surface area contributed by atoms with E-state index >= 15 is 0 Å². The first-order chi connectivity index (χ1) is 17.5. The summed E-state index contributed by atoms with van der Waals surface area (Å²) in [6.07, 6.45) is -2.91. The third kappa shape index (κ3) is 4.58. The molecular formula is C28H29Cl3F3NO3. The molecule has 0 aromatic heterocycles. The van der Waals surface area contributed by atoms with Gasteiger partial charge in [-0.3, -0.25) is 9.59 Å². The summed E-state index contributed by atoms with van der Waals surface area (Å²) in [6.45, 7) is 7.40. The first-order valence-electron chi connectivity index (χ1n) is 12.4. The first-order valence-corrected chi connectivity index (χ1v) is 13.6. The number of nitrogens with zero attached hydrogens (tertiary/aromatic N) is 1. The molecule has 3 atom stereocenters. The third-order valence-electron chi connectivity index (χ3n) is 8.48. The van der Waals surface area contributed by atoms with Gasteiger partial charge >= 0.3 is 12.1 Å². The molecular weight excluding hydrogens is 562 g/mol. The van der Waals surface area contributed by atoms with Crippen LogP contribution >= 0.6 is 34.8 Å². The number of halogens is 6. The summed E-state index contributed by atoms with van der Waals surface area (Å²) in [5, 5.41) is 11.0. The number of carbonyl (C=O) groups is 2. The van der Waals surface area contributed by atoms with Crippen molar-refractivity contribution in [2.24, 2.45) is 11.3 Å². The number of benzene rings is 2. The van der Waals surface area contributed by atoms with E-state index in [1.165, 1.54) is 17.0 Å². The summed E-state index contributed by atoms with van der Waals surface area (Å²) in [5.41, 5.74) is -1.18. The molecule has 0 saturated heterocycles. The Balaban J connectivity index is 1.95. The van der Waals surface area contributed by atoms with Crippen LogP contribution < -0.4 is 0 Å². The molecule has 2 aromatic rings. The second-order valence-corrected chi connectivity index (χ2v) is 12.3. The van der Waals surface area contributed by atoms with Gasteiger partial charge in [0, 0.05) is 24.4 Å². The van der Waals surface area contributed by atoms with E-state index in [1.54, 1.807) is 6.92 Å². The lowest BCUT2D eigenvalue weighted by atomic mass is 9.53. The Kier molecular flexibility index (Phi) is 7.56. The number of rotatable bonds is 4. The summed E-state index contributed by atoms with van der Waals surface area (Å²) >= 11 is 20.5. The summed E-state index contributed by atoms with van der Waals surface area (Å²) in [4.78, 5) is 28.3. The van der Waals surface area contributed by atoms with Gasteiger partial charge in [0.25, 0.3) is 5.91 Å². The van der Waals surface area contributed by atoms with Gasteiger partial charge in [-0.05, 0) is 54.5 Å². The number of fused-ring (bicyclic) bond motifs is 3. The predicted octanol–water partition coefficient (Wildman–Crippen LogP) is 8.59. The Morgan fingerprint density at radius 2 is 1.68 bits per heavy atom. The van der Waals surface area contributed by atoms with Gasteiger partial charge in [0.1, 0.15) is 0 Å². The van der Waals surface area contributed by atoms with Crippen molar-refractivity contribution in [3.05, 3.63) is 67.2 Å². The fourth-order valence-electron chi connectivity index (χ4n) is 6.37. The standard InChI is InChI=1S/C28H29Cl3F3NO3/c1-14(2)18-21(29)19-20(23(31)22(18)30)26(3)10-5-11-27(4,25(37)38)17(26)13-35(24(19)36)12-15-6-8-16(9-7-15)28(32,33)34/h6-9,14,17H,5,10-13H2,1-4H3,(H,37,38)/t17-,26+,27-/m1/s1. The molecule has 1 heterocycles. The summed E-state index contributed by atoms with van der Waals surface area (Å²) in [5.74, 6) is -2.15. The van der Waals surface area contributed by atoms with Gasteiger partial charge in [-0.25, -0.2) is 0 Å². The van der Waals surface area contributed by atoms with Crippen LogP contribution in [0.25, 0.3) is 0 Å². The number of alkyl halides is 3.